The highest BCUT2D eigenvalue weighted by molar-refractivity contribution is 14.1. The molecular formula is C14H25IO2. The minimum Gasteiger partial charge on any atom is -0.458 e. The van der Waals surface area contributed by atoms with Crippen LogP contribution in [-0.4, -0.2) is 15.5 Å². The second kappa shape index (κ2) is 7.59. The first kappa shape index (κ1) is 15.3. The lowest BCUT2D eigenvalue weighted by molar-refractivity contribution is -0.163. The maximum atomic E-state index is 12.0. The van der Waals surface area contributed by atoms with E-state index in [0.29, 0.717) is 0 Å². The maximum Gasteiger partial charge on any atom is 0.319 e. The molecule has 3 heteroatoms. The van der Waals surface area contributed by atoms with E-state index in [1.54, 1.807) is 0 Å². The fraction of sp³-hybridized carbons (Fsp3) is 0.929. The monoisotopic (exact) mass is 352 g/mol. The summed E-state index contributed by atoms with van der Waals surface area (Å²) in [5.41, 5.74) is -0.121. The number of esters is 1. The number of halogens is 1. The van der Waals surface area contributed by atoms with Crippen LogP contribution in [-0.2, 0) is 9.53 Å². The van der Waals surface area contributed by atoms with Gasteiger partial charge in [-0.1, -0.05) is 49.3 Å². The van der Waals surface area contributed by atoms with Gasteiger partial charge >= 0.3 is 5.97 Å². The molecule has 0 saturated heterocycles. The fourth-order valence-electron chi connectivity index (χ4n) is 2.54. The van der Waals surface area contributed by atoms with Crippen molar-refractivity contribution in [3.05, 3.63) is 0 Å². The third-order valence-electron chi connectivity index (χ3n) is 3.68. The first-order chi connectivity index (χ1) is 8.13. The summed E-state index contributed by atoms with van der Waals surface area (Å²) in [4.78, 5) is 12.0. The maximum absolute atomic E-state index is 12.0. The lowest BCUT2D eigenvalue weighted by Gasteiger charge is -2.37. The quantitative estimate of drug-likeness (QED) is 0.396. The molecule has 0 bridgehead atoms. The summed E-state index contributed by atoms with van der Waals surface area (Å²) < 4.78 is 5.91. The molecule has 1 aliphatic carbocycles. The Bertz CT molecular complexity index is 234. The van der Waals surface area contributed by atoms with Crippen molar-refractivity contribution in [2.24, 2.45) is 0 Å². The molecule has 2 nitrogen and oxygen atoms in total. The normalized spacial score (nSPS) is 20.9. The Hall–Kier alpha value is 0.200. The summed E-state index contributed by atoms with van der Waals surface area (Å²) >= 11 is 2.20. The van der Waals surface area contributed by atoms with Gasteiger partial charge in [-0.15, -0.1) is 0 Å². The summed E-state index contributed by atoms with van der Waals surface area (Å²) in [7, 11) is 0. The number of hydrogen-bond donors (Lipinski definition) is 0. The molecule has 1 atom stereocenters. The predicted octanol–water partition coefficient (Wildman–Crippen LogP) is 4.64. The van der Waals surface area contributed by atoms with Crippen LogP contribution in [0.3, 0.4) is 0 Å². The van der Waals surface area contributed by atoms with Crippen LogP contribution in [0.2, 0.25) is 0 Å². The summed E-state index contributed by atoms with van der Waals surface area (Å²) in [6.07, 6.45) is 10.2. The summed E-state index contributed by atoms with van der Waals surface area (Å²) in [5, 5.41) is 0. The molecule has 0 aromatic heterocycles. The predicted molar refractivity (Wildman–Crippen MR) is 79.5 cm³/mol. The highest BCUT2D eigenvalue weighted by Crippen LogP contribution is 2.36. The van der Waals surface area contributed by atoms with Crippen molar-refractivity contribution in [3.63, 3.8) is 0 Å². The Labute approximate surface area is 119 Å². The zero-order chi connectivity index (χ0) is 12.7. The topological polar surface area (TPSA) is 26.3 Å². The Morgan fingerprint density at radius 2 is 1.94 bits per heavy atom. The highest BCUT2D eigenvalue weighted by atomic mass is 127. The number of hydrogen-bond acceptors (Lipinski definition) is 2. The van der Waals surface area contributed by atoms with Crippen molar-refractivity contribution in [3.8, 4) is 0 Å². The molecule has 17 heavy (non-hydrogen) atoms. The van der Waals surface area contributed by atoms with E-state index in [0.717, 1.165) is 25.7 Å². The van der Waals surface area contributed by atoms with Crippen LogP contribution in [0.4, 0.5) is 0 Å². The SMILES string of the molecule is CCCCC1(OC(=O)C(I)CC)CCCCC1. The summed E-state index contributed by atoms with van der Waals surface area (Å²) in [6, 6.07) is 0. The summed E-state index contributed by atoms with van der Waals surface area (Å²) in [6.45, 7) is 4.24. The van der Waals surface area contributed by atoms with Gasteiger partial charge in [0, 0.05) is 0 Å². The van der Waals surface area contributed by atoms with E-state index in [1.807, 2.05) is 6.92 Å². The van der Waals surface area contributed by atoms with Crippen LogP contribution in [0.5, 0.6) is 0 Å². The van der Waals surface area contributed by atoms with Gasteiger partial charge in [0.1, 0.15) is 9.53 Å². The molecule has 1 unspecified atom stereocenters. The van der Waals surface area contributed by atoms with Crippen LogP contribution in [0.25, 0.3) is 0 Å². The van der Waals surface area contributed by atoms with Crippen LogP contribution in [0, 0.1) is 0 Å². The molecule has 1 saturated carbocycles. The number of carbonyl (C=O) groups is 1. The lowest BCUT2D eigenvalue weighted by Crippen LogP contribution is -2.39. The zero-order valence-electron chi connectivity index (χ0n) is 11.1. The standard InChI is InChI=1S/C14H25IO2/c1-3-5-9-14(10-7-6-8-11-14)17-13(16)12(15)4-2/h12H,3-11H2,1-2H3. The molecular weight excluding hydrogens is 327 g/mol. The average Bonchev–Trinajstić information content (AvgIpc) is 2.36. The fourth-order valence-corrected chi connectivity index (χ4v) is 2.67. The number of ether oxygens (including phenoxy) is 1. The third kappa shape index (κ3) is 4.76. The minimum atomic E-state index is -0.121. The van der Waals surface area contributed by atoms with Gasteiger partial charge in [-0.3, -0.25) is 4.79 Å². The van der Waals surface area contributed by atoms with Gasteiger partial charge in [0.2, 0.25) is 0 Å². The first-order valence-corrected chi connectivity index (χ1v) is 8.25. The van der Waals surface area contributed by atoms with Crippen molar-refractivity contribution in [2.45, 2.75) is 81.2 Å². The van der Waals surface area contributed by atoms with E-state index in [-0.39, 0.29) is 15.5 Å². The van der Waals surface area contributed by atoms with Crippen molar-refractivity contribution in [1.82, 2.24) is 0 Å². The second-order valence-electron chi connectivity index (χ2n) is 5.14. The average molecular weight is 352 g/mol. The van der Waals surface area contributed by atoms with E-state index >= 15 is 0 Å². The largest absolute Gasteiger partial charge is 0.458 e. The Kier molecular flexibility index (Phi) is 6.82. The van der Waals surface area contributed by atoms with E-state index < -0.39 is 0 Å². The molecule has 1 rings (SSSR count). The van der Waals surface area contributed by atoms with Crippen molar-refractivity contribution >= 4 is 28.6 Å². The molecule has 1 aliphatic rings. The molecule has 0 spiro atoms. The van der Waals surface area contributed by atoms with Gasteiger partial charge in [0.15, 0.2) is 0 Å². The van der Waals surface area contributed by atoms with Crippen molar-refractivity contribution < 1.29 is 9.53 Å². The van der Waals surface area contributed by atoms with Crippen molar-refractivity contribution in [1.29, 1.82) is 0 Å². The van der Waals surface area contributed by atoms with Crippen LogP contribution in [0.1, 0.15) is 71.6 Å². The van der Waals surface area contributed by atoms with Gasteiger partial charge in [0.05, 0.1) is 0 Å². The van der Waals surface area contributed by atoms with Gasteiger partial charge in [-0.05, 0) is 44.9 Å². The number of rotatable bonds is 6. The number of carbonyl (C=O) groups excluding carboxylic acids is 1. The molecule has 0 aromatic carbocycles. The second-order valence-corrected chi connectivity index (χ2v) is 6.65. The Morgan fingerprint density at radius 3 is 2.47 bits per heavy atom. The molecule has 0 aliphatic heterocycles. The molecule has 100 valence electrons. The van der Waals surface area contributed by atoms with E-state index in [9.17, 15) is 4.79 Å². The van der Waals surface area contributed by atoms with Gasteiger partial charge in [-0.25, -0.2) is 0 Å². The Balaban J connectivity index is 2.59. The number of unbranched alkanes of at least 4 members (excludes halogenated alkanes) is 1. The highest BCUT2D eigenvalue weighted by Gasteiger charge is 2.36. The van der Waals surface area contributed by atoms with E-state index in [2.05, 4.69) is 29.5 Å². The zero-order valence-corrected chi connectivity index (χ0v) is 13.3. The molecule has 0 N–H and O–H groups in total. The summed E-state index contributed by atoms with van der Waals surface area (Å²) in [5.74, 6) is 0.00565. The van der Waals surface area contributed by atoms with Crippen LogP contribution >= 0.6 is 22.6 Å². The Morgan fingerprint density at radius 1 is 1.29 bits per heavy atom. The lowest BCUT2D eigenvalue weighted by atomic mass is 9.81. The molecule has 0 aromatic rings. The molecule has 0 heterocycles. The van der Waals surface area contributed by atoms with E-state index in [4.69, 9.17) is 4.74 Å². The van der Waals surface area contributed by atoms with E-state index in [1.165, 1.54) is 32.1 Å². The van der Waals surface area contributed by atoms with Gasteiger partial charge < -0.3 is 4.74 Å². The number of alkyl halides is 1. The van der Waals surface area contributed by atoms with Gasteiger partial charge in [0.25, 0.3) is 0 Å². The van der Waals surface area contributed by atoms with Crippen molar-refractivity contribution in [2.75, 3.05) is 0 Å². The van der Waals surface area contributed by atoms with Crippen LogP contribution < -0.4 is 0 Å². The smallest absolute Gasteiger partial charge is 0.319 e. The molecule has 0 radical (unpaired) electrons. The third-order valence-corrected chi connectivity index (χ3v) is 5.07. The molecule has 0 amide bonds. The minimum absolute atomic E-state index is 0.00565. The first-order valence-electron chi connectivity index (χ1n) is 7.00. The van der Waals surface area contributed by atoms with Gasteiger partial charge in [-0.2, -0.15) is 0 Å². The van der Waals surface area contributed by atoms with Crippen LogP contribution in [0.15, 0.2) is 0 Å². The molecule has 1 fully saturated rings.